The number of nitrogens with one attached hydrogen (secondary N) is 2. The normalized spacial score (nSPS) is 12.3. The lowest BCUT2D eigenvalue weighted by Gasteiger charge is -2.19. The van der Waals surface area contributed by atoms with E-state index in [1.807, 2.05) is 6.92 Å². The van der Waals surface area contributed by atoms with E-state index in [0.717, 1.165) is 25.3 Å². The van der Waals surface area contributed by atoms with Crippen LogP contribution in [0.15, 0.2) is 29.8 Å². The molecule has 0 aliphatic rings. The molecule has 0 saturated carbocycles. The Bertz CT molecular complexity index is 818. The Morgan fingerprint density at radius 1 is 1.00 bits per heavy atom. The first-order chi connectivity index (χ1) is 15.1. The molecule has 1 rings (SSSR count). The Morgan fingerprint density at radius 3 is 2.19 bits per heavy atom. The van der Waals surface area contributed by atoms with Gasteiger partial charge in [0.25, 0.3) is 0 Å². The quantitative estimate of drug-likeness (QED) is 0.136. The molecule has 0 aromatic heterocycles. The van der Waals surface area contributed by atoms with Crippen LogP contribution in [0.4, 0.5) is 0 Å². The van der Waals surface area contributed by atoms with Gasteiger partial charge in [-0.05, 0) is 23.6 Å². The number of carboxylic acid groups (broad SMARTS) is 2. The molecule has 0 heterocycles. The molecule has 32 heavy (non-hydrogen) atoms. The first-order valence-electron chi connectivity index (χ1n) is 10.3. The lowest BCUT2D eigenvalue weighted by Crippen LogP contribution is -2.48. The number of carbonyl (C=O) groups excluding carboxylic acids is 2. The lowest BCUT2D eigenvalue weighted by molar-refractivity contribution is -0.139. The number of carboxylic acids is 2. The number of aliphatic carboxylic acids is 2. The number of amides is 2. The van der Waals surface area contributed by atoms with Crippen LogP contribution in [0.3, 0.4) is 0 Å². The van der Waals surface area contributed by atoms with Crippen molar-refractivity contribution in [1.29, 1.82) is 0 Å². The summed E-state index contributed by atoms with van der Waals surface area (Å²) in [5, 5.41) is 41.3. The minimum absolute atomic E-state index is 0.136. The first kappa shape index (κ1) is 26.8. The first-order valence-corrected chi connectivity index (χ1v) is 10.3. The maximum atomic E-state index is 12.6. The minimum atomic E-state index is -2.13. The van der Waals surface area contributed by atoms with E-state index in [-0.39, 0.29) is 25.2 Å². The second-order valence-electron chi connectivity index (χ2n) is 7.24. The van der Waals surface area contributed by atoms with Gasteiger partial charge in [-0.25, -0.2) is 4.79 Å². The molecular weight excluding hydrogens is 420 g/mol. The zero-order chi connectivity index (χ0) is 24.1. The number of rotatable bonds is 14. The number of hydrogen-bond acceptors (Lipinski definition) is 6. The van der Waals surface area contributed by atoms with E-state index >= 15 is 0 Å². The van der Waals surface area contributed by atoms with Crippen molar-refractivity contribution in [3.05, 3.63) is 41.0 Å². The van der Waals surface area contributed by atoms with Crippen LogP contribution in [-0.2, 0) is 25.6 Å². The molecule has 0 spiro atoms. The highest BCUT2D eigenvalue weighted by Gasteiger charge is 2.21. The molecule has 176 valence electrons. The smallest absolute Gasteiger partial charge is 0.336 e. The van der Waals surface area contributed by atoms with Crippen LogP contribution in [0.2, 0.25) is 0 Å². The summed E-state index contributed by atoms with van der Waals surface area (Å²) in [5.41, 5.74) is 0.480. The summed E-state index contributed by atoms with van der Waals surface area (Å²) >= 11 is 0. The van der Waals surface area contributed by atoms with Crippen molar-refractivity contribution in [1.82, 2.24) is 10.6 Å². The van der Waals surface area contributed by atoms with Crippen LogP contribution >= 0.6 is 0 Å². The molecule has 0 unspecified atom stereocenters. The fraction of sp³-hybridized carbons (Fsp3) is 0.455. The Balaban J connectivity index is 2.91. The maximum absolute atomic E-state index is 12.6. The van der Waals surface area contributed by atoms with E-state index in [2.05, 4.69) is 10.6 Å². The highest BCUT2D eigenvalue weighted by molar-refractivity contribution is 5.93. The van der Waals surface area contributed by atoms with Gasteiger partial charge in [-0.3, -0.25) is 14.4 Å². The molecule has 10 nitrogen and oxygen atoms in total. The summed E-state index contributed by atoms with van der Waals surface area (Å²) in [6.07, 6.45) is 1.26. The third-order valence-electron chi connectivity index (χ3n) is 4.56. The fourth-order valence-corrected chi connectivity index (χ4v) is 2.82. The second-order valence-corrected chi connectivity index (χ2v) is 7.24. The van der Waals surface area contributed by atoms with Crippen molar-refractivity contribution >= 4 is 29.8 Å². The Morgan fingerprint density at radius 2 is 1.66 bits per heavy atom. The predicted octanol–water partition coefficient (Wildman–Crippen LogP) is 0.664. The SMILES string of the molecule is CCCCCNC(=O)[C@H](Cc1ccc(/C=C(\C(=O)O)C(O)O)cc1)NC(=O)CCC(=O)O. The standard InChI is InChI=1S/C22H30N2O8/c1-2-3-4-11-23-20(28)17(24-18(25)9-10-19(26)27)13-15-7-5-14(6-8-15)12-16(21(29)30)22(31)32/h5-8,12,17,21,29-30H,2-4,9-11,13H2,1H3,(H,23,28)(H,24,25)(H,26,27)(H,31,32)/b16-12-/t17-/m0/s1. The molecule has 0 aliphatic carbocycles. The number of aliphatic hydroxyl groups excluding tert-OH is 1. The van der Waals surface area contributed by atoms with Crippen LogP contribution in [0.25, 0.3) is 6.08 Å². The molecule has 0 radical (unpaired) electrons. The summed E-state index contributed by atoms with van der Waals surface area (Å²) in [6.45, 7) is 2.49. The van der Waals surface area contributed by atoms with Gasteiger partial charge in [-0.1, -0.05) is 44.0 Å². The highest BCUT2D eigenvalue weighted by atomic mass is 16.5. The van der Waals surface area contributed by atoms with E-state index in [4.69, 9.17) is 20.4 Å². The van der Waals surface area contributed by atoms with Crippen LogP contribution in [-0.4, -0.2) is 63.1 Å². The summed E-state index contributed by atoms with van der Waals surface area (Å²) < 4.78 is 0. The Kier molecular flexibility index (Phi) is 11.7. The van der Waals surface area contributed by atoms with E-state index in [9.17, 15) is 19.2 Å². The van der Waals surface area contributed by atoms with Gasteiger partial charge < -0.3 is 31.1 Å². The van der Waals surface area contributed by atoms with Crippen LogP contribution < -0.4 is 10.6 Å². The van der Waals surface area contributed by atoms with E-state index in [0.29, 0.717) is 17.7 Å². The molecule has 1 aromatic carbocycles. The number of unbranched alkanes of at least 4 members (excludes halogenated alkanes) is 2. The molecule has 0 fully saturated rings. The van der Waals surface area contributed by atoms with Gasteiger partial charge in [0.15, 0.2) is 6.29 Å². The van der Waals surface area contributed by atoms with Crippen molar-refractivity contribution in [2.45, 2.75) is 57.8 Å². The van der Waals surface area contributed by atoms with Crippen LogP contribution in [0.5, 0.6) is 0 Å². The van der Waals surface area contributed by atoms with Crippen molar-refractivity contribution in [2.75, 3.05) is 6.54 Å². The third kappa shape index (κ3) is 10.2. The van der Waals surface area contributed by atoms with E-state index in [1.54, 1.807) is 24.3 Å². The summed E-state index contributed by atoms with van der Waals surface area (Å²) in [6, 6.07) is 5.42. The predicted molar refractivity (Wildman–Crippen MR) is 115 cm³/mol. The van der Waals surface area contributed by atoms with Crippen molar-refractivity contribution in [3.8, 4) is 0 Å². The average Bonchev–Trinajstić information content (AvgIpc) is 2.73. The van der Waals surface area contributed by atoms with Gasteiger partial charge in [-0.15, -0.1) is 0 Å². The van der Waals surface area contributed by atoms with Crippen molar-refractivity contribution in [3.63, 3.8) is 0 Å². The van der Waals surface area contributed by atoms with Crippen LogP contribution in [0, 0.1) is 0 Å². The summed E-state index contributed by atoms with van der Waals surface area (Å²) in [4.78, 5) is 46.4. The second kappa shape index (κ2) is 13.9. The molecule has 1 atom stereocenters. The average molecular weight is 450 g/mol. The van der Waals surface area contributed by atoms with Gasteiger partial charge in [0.05, 0.1) is 12.0 Å². The molecule has 0 saturated heterocycles. The Hall–Kier alpha value is -3.24. The van der Waals surface area contributed by atoms with Gasteiger partial charge in [-0.2, -0.15) is 0 Å². The van der Waals surface area contributed by atoms with Gasteiger partial charge >= 0.3 is 11.9 Å². The molecule has 1 aromatic rings. The summed E-state index contributed by atoms with van der Waals surface area (Å²) in [7, 11) is 0. The zero-order valence-corrected chi connectivity index (χ0v) is 17.9. The van der Waals surface area contributed by atoms with Gasteiger partial charge in [0, 0.05) is 19.4 Å². The number of benzene rings is 1. The molecule has 0 aliphatic heterocycles. The molecule has 2 amide bonds. The topological polar surface area (TPSA) is 173 Å². The summed E-state index contributed by atoms with van der Waals surface area (Å²) in [5.74, 6) is -3.51. The lowest BCUT2D eigenvalue weighted by atomic mass is 10.0. The van der Waals surface area contributed by atoms with E-state index < -0.39 is 35.8 Å². The maximum Gasteiger partial charge on any atom is 0.336 e. The molecular formula is C22H30N2O8. The molecule has 10 heteroatoms. The van der Waals surface area contributed by atoms with Crippen LogP contribution in [0.1, 0.15) is 50.2 Å². The minimum Gasteiger partial charge on any atom is -0.481 e. The zero-order valence-electron chi connectivity index (χ0n) is 17.9. The van der Waals surface area contributed by atoms with Crippen molar-refractivity contribution in [2.24, 2.45) is 0 Å². The molecule has 0 bridgehead atoms. The van der Waals surface area contributed by atoms with E-state index in [1.165, 1.54) is 0 Å². The third-order valence-corrected chi connectivity index (χ3v) is 4.56. The van der Waals surface area contributed by atoms with Gasteiger partial charge in [0.2, 0.25) is 11.8 Å². The number of hydrogen-bond donors (Lipinski definition) is 6. The largest absolute Gasteiger partial charge is 0.481 e. The van der Waals surface area contributed by atoms with Gasteiger partial charge in [0.1, 0.15) is 6.04 Å². The highest BCUT2D eigenvalue weighted by Crippen LogP contribution is 2.13. The number of aliphatic hydroxyl groups is 2. The Labute approximate surface area is 186 Å². The number of carbonyl (C=O) groups is 4. The monoisotopic (exact) mass is 450 g/mol. The van der Waals surface area contributed by atoms with Crippen molar-refractivity contribution < 1.29 is 39.6 Å². The molecule has 6 N–H and O–H groups in total. The fourth-order valence-electron chi connectivity index (χ4n) is 2.82.